The molecule has 0 bridgehead atoms. The van der Waals surface area contributed by atoms with Crippen molar-refractivity contribution in [3.63, 3.8) is 0 Å². The molecule has 0 amide bonds. The zero-order valence-corrected chi connectivity index (χ0v) is 20.1. The highest BCUT2D eigenvalue weighted by Gasteiger charge is 2.84. The first-order valence-corrected chi connectivity index (χ1v) is 13.5. The van der Waals surface area contributed by atoms with Crippen molar-refractivity contribution in [2.24, 2.45) is 45.8 Å². The Morgan fingerprint density at radius 1 is 1.13 bits per heavy atom. The van der Waals surface area contributed by atoms with Crippen molar-refractivity contribution in [1.82, 2.24) is 5.32 Å². The van der Waals surface area contributed by atoms with Crippen LogP contribution in [0.1, 0.15) is 85.5 Å². The van der Waals surface area contributed by atoms with E-state index in [1.54, 1.807) is 5.57 Å². The standard InChI is InChI=1S/C28H43NO2/c1-16-11-23-24(29-14-16)17(2)28(31-23)10-8-21-20-6-5-18-12-19(30)7-9-25(18,3)22(20)13-27(21)15-26(27,28)4/h5,16-17,19-24,29-30H,6-15H2,1-4H3/t16-,17+,19-,20-,21?,22-,23+,24-,25-,26?,27?,28+/m0/s1. The van der Waals surface area contributed by atoms with E-state index in [0.717, 1.165) is 43.1 Å². The maximum atomic E-state index is 10.3. The molecular formula is C28H43NO2. The third-order valence-corrected chi connectivity index (χ3v) is 12.7. The number of ether oxygens (including phenoxy) is 1. The molecule has 31 heavy (non-hydrogen) atoms. The second kappa shape index (κ2) is 5.99. The summed E-state index contributed by atoms with van der Waals surface area (Å²) in [4.78, 5) is 0. The fraction of sp³-hybridized carbons (Fsp3) is 0.929. The van der Waals surface area contributed by atoms with E-state index < -0.39 is 0 Å². The number of aliphatic hydroxyl groups excluding tert-OH is 1. The minimum absolute atomic E-state index is 0.0989. The molecule has 0 aromatic heterocycles. The predicted octanol–water partition coefficient (Wildman–Crippen LogP) is 5.08. The van der Waals surface area contributed by atoms with Crippen LogP contribution >= 0.6 is 0 Å². The molecular weight excluding hydrogens is 382 g/mol. The van der Waals surface area contributed by atoms with Crippen molar-refractivity contribution in [3.8, 4) is 0 Å². The fourth-order valence-electron chi connectivity index (χ4n) is 11.1. The molecule has 2 heterocycles. The van der Waals surface area contributed by atoms with Crippen LogP contribution in [0, 0.1) is 45.8 Å². The number of piperidine rings is 1. The number of rotatable bonds is 0. The summed E-state index contributed by atoms with van der Waals surface area (Å²) in [6.45, 7) is 11.3. The average Bonchev–Trinajstić information content (AvgIpc) is 3.08. The van der Waals surface area contributed by atoms with E-state index in [1.807, 2.05) is 0 Å². The van der Waals surface area contributed by atoms with Crippen molar-refractivity contribution >= 4 is 0 Å². The summed E-state index contributed by atoms with van der Waals surface area (Å²) in [7, 11) is 0. The highest BCUT2D eigenvalue weighted by Crippen LogP contribution is 2.87. The molecule has 2 spiro atoms. The van der Waals surface area contributed by atoms with Gasteiger partial charge < -0.3 is 15.2 Å². The molecule has 0 aromatic rings. The van der Waals surface area contributed by atoms with Crippen LogP contribution in [0.2, 0.25) is 0 Å². The molecule has 3 nitrogen and oxygen atoms in total. The lowest BCUT2D eigenvalue weighted by atomic mass is 9.56. The summed E-state index contributed by atoms with van der Waals surface area (Å²) in [5.74, 6) is 3.98. The van der Waals surface area contributed by atoms with Gasteiger partial charge in [-0.2, -0.15) is 0 Å². The maximum absolute atomic E-state index is 10.3. The Labute approximate surface area is 188 Å². The maximum Gasteiger partial charge on any atom is 0.0787 e. The Hall–Kier alpha value is -0.380. The van der Waals surface area contributed by atoms with Gasteiger partial charge in [0.05, 0.1) is 17.8 Å². The first kappa shape index (κ1) is 20.0. The zero-order chi connectivity index (χ0) is 21.4. The molecule has 2 saturated heterocycles. The summed E-state index contributed by atoms with van der Waals surface area (Å²) in [6.07, 6.45) is 14.1. The van der Waals surface area contributed by atoms with Crippen molar-refractivity contribution < 1.29 is 9.84 Å². The van der Waals surface area contributed by atoms with Gasteiger partial charge in [0.25, 0.3) is 0 Å². The first-order chi connectivity index (χ1) is 14.7. The molecule has 5 aliphatic carbocycles. The molecule has 7 rings (SSSR count). The Balaban J connectivity index is 1.23. The lowest BCUT2D eigenvalue weighted by molar-refractivity contribution is -0.146. The minimum atomic E-state index is -0.0989. The SMILES string of the molecule is C[C@@H]1CN[C@H]2[C@@H](C)[C@@]3(CCC4[C@@H]5CC=C6C[C@@H](O)CC[C@]6(C)[C@H]5CC45CC53C)O[C@@H]2C1. The summed E-state index contributed by atoms with van der Waals surface area (Å²) >= 11 is 0. The second-order valence-corrected chi connectivity index (χ2v) is 13.7. The Morgan fingerprint density at radius 3 is 2.81 bits per heavy atom. The van der Waals surface area contributed by atoms with E-state index >= 15 is 0 Å². The van der Waals surface area contributed by atoms with Crippen LogP contribution in [0.3, 0.4) is 0 Å². The van der Waals surface area contributed by atoms with Crippen LogP contribution in [-0.2, 0) is 4.74 Å². The van der Waals surface area contributed by atoms with Crippen molar-refractivity contribution in [2.45, 2.75) is 109 Å². The molecule has 7 aliphatic rings. The Bertz CT molecular complexity index is 839. The molecule has 6 fully saturated rings. The van der Waals surface area contributed by atoms with Gasteiger partial charge in [0.2, 0.25) is 0 Å². The molecule has 0 radical (unpaired) electrons. The van der Waals surface area contributed by atoms with E-state index in [1.165, 1.54) is 44.9 Å². The zero-order valence-electron chi connectivity index (χ0n) is 20.1. The van der Waals surface area contributed by atoms with Gasteiger partial charge in [-0.1, -0.05) is 39.3 Å². The van der Waals surface area contributed by atoms with Gasteiger partial charge in [-0.15, -0.1) is 0 Å². The summed E-state index contributed by atoms with van der Waals surface area (Å²) in [5, 5.41) is 14.2. The molecule has 12 atom stereocenters. The van der Waals surface area contributed by atoms with Gasteiger partial charge in [-0.05, 0) is 98.8 Å². The Morgan fingerprint density at radius 2 is 1.97 bits per heavy atom. The first-order valence-electron chi connectivity index (χ1n) is 13.5. The van der Waals surface area contributed by atoms with Crippen molar-refractivity contribution in [3.05, 3.63) is 11.6 Å². The summed E-state index contributed by atoms with van der Waals surface area (Å²) in [5.41, 5.74) is 2.94. The second-order valence-electron chi connectivity index (χ2n) is 13.7. The third-order valence-electron chi connectivity index (χ3n) is 12.7. The Kier molecular flexibility index (Phi) is 3.87. The number of nitrogens with one attached hydrogen (secondary N) is 1. The highest BCUT2D eigenvalue weighted by molar-refractivity contribution is 5.36. The highest BCUT2D eigenvalue weighted by atomic mass is 16.5. The predicted molar refractivity (Wildman–Crippen MR) is 122 cm³/mol. The topological polar surface area (TPSA) is 41.5 Å². The lowest BCUT2D eigenvalue weighted by Gasteiger charge is -2.50. The number of allylic oxidation sites excluding steroid dienone is 1. The van der Waals surface area contributed by atoms with Gasteiger partial charge in [0.1, 0.15) is 0 Å². The van der Waals surface area contributed by atoms with E-state index in [0.29, 0.717) is 34.3 Å². The van der Waals surface area contributed by atoms with Crippen molar-refractivity contribution in [2.75, 3.05) is 6.54 Å². The third kappa shape index (κ3) is 2.19. The van der Waals surface area contributed by atoms with Crippen LogP contribution in [0.4, 0.5) is 0 Å². The van der Waals surface area contributed by atoms with Gasteiger partial charge in [-0.3, -0.25) is 0 Å². The van der Waals surface area contributed by atoms with Gasteiger partial charge in [0, 0.05) is 17.4 Å². The molecule has 0 aromatic carbocycles. The number of fused-ring (bicyclic) bond motifs is 6. The van der Waals surface area contributed by atoms with Gasteiger partial charge >= 0.3 is 0 Å². The van der Waals surface area contributed by atoms with Crippen molar-refractivity contribution in [1.29, 1.82) is 0 Å². The smallest absolute Gasteiger partial charge is 0.0787 e. The monoisotopic (exact) mass is 425 g/mol. The van der Waals surface area contributed by atoms with Crippen LogP contribution in [-0.4, -0.2) is 35.5 Å². The van der Waals surface area contributed by atoms with Crippen LogP contribution < -0.4 is 5.32 Å². The molecule has 3 unspecified atom stereocenters. The van der Waals surface area contributed by atoms with Crippen LogP contribution in [0.5, 0.6) is 0 Å². The molecule has 4 saturated carbocycles. The molecule has 2 aliphatic heterocycles. The molecule has 172 valence electrons. The van der Waals surface area contributed by atoms with Gasteiger partial charge in [0.15, 0.2) is 0 Å². The summed E-state index contributed by atoms with van der Waals surface area (Å²) < 4.78 is 7.23. The number of hydrogen-bond donors (Lipinski definition) is 2. The van der Waals surface area contributed by atoms with Crippen LogP contribution in [0.15, 0.2) is 11.6 Å². The summed E-state index contributed by atoms with van der Waals surface area (Å²) in [6, 6.07) is 0.566. The van der Waals surface area contributed by atoms with E-state index in [4.69, 9.17) is 4.74 Å². The molecule has 3 heteroatoms. The number of hydrogen-bond acceptors (Lipinski definition) is 3. The minimum Gasteiger partial charge on any atom is -0.393 e. The van der Waals surface area contributed by atoms with Gasteiger partial charge in [-0.25, -0.2) is 0 Å². The van der Waals surface area contributed by atoms with E-state index in [9.17, 15) is 5.11 Å². The quantitative estimate of drug-likeness (QED) is 0.532. The normalized spacial score (nSPS) is 64.1. The lowest BCUT2D eigenvalue weighted by Crippen LogP contribution is -2.53. The number of aliphatic hydroxyl groups is 1. The largest absolute Gasteiger partial charge is 0.393 e. The van der Waals surface area contributed by atoms with E-state index in [-0.39, 0.29) is 11.7 Å². The van der Waals surface area contributed by atoms with E-state index in [2.05, 4.69) is 39.1 Å². The average molecular weight is 426 g/mol. The molecule has 2 N–H and O–H groups in total. The van der Waals surface area contributed by atoms with Crippen LogP contribution in [0.25, 0.3) is 0 Å². The fourth-order valence-corrected chi connectivity index (χ4v) is 11.1.